The molecule has 22 heavy (non-hydrogen) atoms. The third-order valence-corrected chi connectivity index (χ3v) is 3.73. The largest absolute Gasteiger partial charge is 0.326 e. The molecule has 0 bridgehead atoms. The van der Waals surface area contributed by atoms with Crippen LogP contribution in [0.5, 0.6) is 0 Å². The fourth-order valence-electron chi connectivity index (χ4n) is 1.98. The van der Waals surface area contributed by atoms with Crippen molar-refractivity contribution in [1.29, 1.82) is 0 Å². The SMILES string of the molecule is Cc1ccc(Cl)cc1NC(=O)CCNCc1ccc(Cl)cc1. The van der Waals surface area contributed by atoms with E-state index in [1.54, 1.807) is 12.1 Å². The van der Waals surface area contributed by atoms with Crippen LogP contribution in [0.3, 0.4) is 0 Å². The molecule has 0 saturated carbocycles. The lowest BCUT2D eigenvalue weighted by Gasteiger charge is -2.09. The van der Waals surface area contributed by atoms with E-state index in [1.165, 1.54) is 0 Å². The molecule has 3 nitrogen and oxygen atoms in total. The summed E-state index contributed by atoms with van der Waals surface area (Å²) in [6, 6.07) is 13.1. The summed E-state index contributed by atoms with van der Waals surface area (Å²) in [5.41, 5.74) is 2.89. The molecule has 2 aromatic carbocycles. The van der Waals surface area contributed by atoms with Crippen LogP contribution in [0.15, 0.2) is 42.5 Å². The van der Waals surface area contributed by atoms with E-state index in [4.69, 9.17) is 23.2 Å². The summed E-state index contributed by atoms with van der Waals surface area (Å²) in [6.45, 7) is 3.25. The van der Waals surface area contributed by atoms with Gasteiger partial charge in [-0.2, -0.15) is 0 Å². The number of amides is 1. The van der Waals surface area contributed by atoms with Crippen molar-refractivity contribution in [3.05, 3.63) is 63.6 Å². The van der Waals surface area contributed by atoms with Crippen molar-refractivity contribution in [2.24, 2.45) is 0 Å². The zero-order valence-corrected chi connectivity index (χ0v) is 13.8. The molecule has 0 spiro atoms. The minimum atomic E-state index is -0.0334. The Balaban J connectivity index is 1.74. The summed E-state index contributed by atoms with van der Waals surface area (Å²) >= 11 is 11.8. The highest BCUT2D eigenvalue weighted by molar-refractivity contribution is 6.31. The predicted molar refractivity (Wildman–Crippen MR) is 92.6 cm³/mol. The van der Waals surface area contributed by atoms with Crippen molar-refractivity contribution < 1.29 is 4.79 Å². The highest BCUT2D eigenvalue weighted by Gasteiger charge is 2.05. The zero-order valence-electron chi connectivity index (χ0n) is 12.3. The first-order chi connectivity index (χ1) is 10.5. The number of carbonyl (C=O) groups excluding carboxylic acids is 1. The first-order valence-corrected chi connectivity index (χ1v) is 7.81. The molecule has 2 rings (SSSR count). The molecule has 0 radical (unpaired) electrons. The van der Waals surface area contributed by atoms with Gasteiger partial charge in [-0.05, 0) is 42.3 Å². The van der Waals surface area contributed by atoms with Crippen molar-refractivity contribution >= 4 is 34.8 Å². The zero-order chi connectivity index (χ0) is 15.9. The average Bonchev–Trinajstić information content (AvgIpc) is 2.49. The van der Waals surface area contributed by atoms with Crippen LogP contribution in [0.1, 0.15) is 17.5 Å². The van der Waals surface area contributed by atoms with E-state index in [2.05, 4.69) is 10.6 Å². The Hall–Kier alpha value is -1.55. The van der Waals surface area contributed by atoms with Gasteiger partial charge >= 0.3 is 0 Å². The summed E-state index contributed by atoms with van der Waals surface area (Å²) < 4.78 is 0. The molecule has 0 aromatic heterocycles. The summed E-state index contributed by atoms with van der Waals surface area (Å²) in [7, 11) is 0. The Morgan fingerprint density at radius 3 is 2.45 bits per heavy atom. The maximum Gasteiger partial charge on any atom is 0.225 e. The molecule has 0 heterocycles. The number of rotatable bonds is 6. The van der Waals surface area contributed by atoms with Crippen molar-refractivity contribution in [1.82, 2.24) is 5.32 Å². The van der Waals surface area contributed by atoms with Crippen LogP contribution in [-0.2, 0) is 11.3 Å². The maximum atomic E-state index is 11.9. The highest BCUT2D eigenvalue weighted by Crippen LogP contribution is 2.20. The van der Waals surface area contributed by atoms with Gasteiger partial charge < -0.3 is 10.6 Å². The summed E-state index contributed by atoms with van der Waals surface area (Å²) in [5, 5.41) is 7.45. The normalized spacial score (nSPS) is 10.5. The third-order valence-electron chi connectivity index (χ3n) is 3.24. The van der Waals surface area contributed by atoms with Crippen LogP contribution in [-0.4, -0.2) is 12.5 Å². The number of nitrogens with one attached hydrogen (secondary N) is 2. The van der Waals surface area contributed by atoms with E-state index in [0.29, 0.717) is 24.5 Å². The molecule has 2 N–H and O–H groups in total. The van der Waals surface area contributed by atoms with E-state index in [1.807, 2.05) is 37.3 Å². The monoisotopic (exact) mass is 336 g/mol. The van der Waals surface area contributed by atoms with Crippen LogP contribution in [0.4, 0.5) is 5.69 Å². The molecule has 5 heteroatoms. The lowest BCUT2D eigenvalue weighted by Crippen LogP contribution is -2.21. The van der Waals surface area contributed by atoms with Gasteiger partial charge in [0.25, 0.3) is 0 Å². The van der Waals surface area contributed by atoms with Gasteiger partial charge in [-0.25, -0.2) is 0 Å². The van der Waals surface area contributed by atoms with E-state index in [-0.39, 0.29) is 5.91 Å². The topological polar surface area (TPSA) is 41.1 Å². The molecular formula is C17H18Cl2N2O. The molecule has 0 saturated heterocycles. The maximum absolute atomic E-state index is 11.9. The molecule has 0 fully saturated rings. The Morgan fingerprint density at radius 1 is 1.05 bits per heavy atom. The second-order valence-corrected chi connectivity index (χ2v) is 5.93. The fourth-order valence-corrected chi connectivity index (χ4v) is 2.28. The van der Waals surface area contributed by atoms with E-state index >= 15 is 0 Å². The van der Waals surface area contributed by atoms with Crippen LogP contribution in [0.25, 0.3) is 0 Å². The summed E-state index contributed by atoms with van der Waals surface area (Å²) in [4.78, 5) is 11.9. The molecule has 0 aliphatic rings. The number of halogens is 2. The van der Waals surface area contributed by atoms with Crippen molar-refractivity contribution in [2.45, 2.75) is 19.9 Å². The quantitative estimate of drug-likeness (QED) is 0.766. The lowest BCUT2D eigenvalue weighted by molar-refractivity contribution is -0.116. The predicted octanol–water partition coefficient (Wildman–Crippen LogP) is 4.42. The van der Waals surface area contributed by atoms with Crippen LogP contribution in [0, 0.1) is 6.92 Å². The van der Waals surface area contributed by atoms with E-state index in [0.717, 1.165) is 21.8 Å². The first-order valence-electron chi connectivity index (χ1n) is 7.06. The van der Waals surface area contributed by atoms with Gasteiger partial charge in [0.1, 0.15) is 0 Å². The molecule has 0 aliphatic carbocycles. The number of aryl methyl sites for hydroxylation is 1. The van der Waals surface area contributed by atoms with Gasteiger partial charge in [0, 0.05) is 35.2 Å². The van der Waals surface area contributed by atoms with Gasteiger partial charge in [0.2, 0.25) is 5.91 Å². The standard InChI is InChI=1S/C17H18Cl2N2O/c1-12-2-5-15(19)10-16(12)21-17(22)8-9-20-11-13-3-6-14(18)7-4-13/h2-7,10,20H,8-9,11H2,1H3,(H,21,22). The average molecular weight is 337 g/mol. The molecule has 1 amide bonds. The van der Waals surface area contributed by atoms with Gasteiger partial charge in [0.05, 0.1) is 0 Å². The summed E-state index contributed by atoms with van der Waals surface area (Å²) in [5.74, 6) is -0.0334. The Bertz CT molecular complexity index is 642. The molecule has 0 aliphatic heterocycles. The smallest absolute Gasteiger partial charge is 0.225 e. The van der Waals surface area contributed by atoms with Crippen LogP contribution in [0.2, 0.25) is 10.0 Å². The van der Waals surface area contributed by atoms with Gasteiger partial charge in [-0.3, -0.25) is 4.79 Å². The second-order valence-electron chi connectivity index (χ2n) is 5.06. The van der Waals surface area contributed by atoms with Crippen molar-refractivity contribution in [3.8, 4) is 0 Å². The first kappa shape index (κ1) is 16.8. The van der Waals surface area contributed by atoms with Crippen molar-refractivity contribution in [2.75, 3.05) is 11.9 Å². The van der Waals surface area contributed by atoms with Gasteiger partial charge in [-0.1, -0.05) is 41.4 Å². The Morgan fingerprint density at radius 2 is 1.73 bits per heavy atom. The second kappa shape index (κ2) is 8.18. The minimum absolute atomic E-state index is 0.0334. The minimum Gasteiger partial charge on any atom is -0.326 e. The number of hydrogen-bond acceptors (Lipinski definition) is 2. The molecule has 116 valence electrons. The van der Waals surface area contributed by atoms with Gasteiger partial charge in [-0.15, -0.1) is 0 Å². The van der Waals surface area contributed by atoms with Crippen molar-refractivity contribution in [3.63, 3.8) is 0 Å². The molecule has 2 aromatic rings. The number of hydrogen-bond donors (Lipinski definition) is 2. The molecule has 0 unspecified atom stereocenters. The number of carbonyl (C=O) groups is 1. The van der Waals surface area contributed by atoms with E-state index in [9.17, 15) is 4.79 Å². The third kappa shape index (κ3) is 5.34. The van der Waals surface area contributed by atoms with Gasteiger partial charge in [0.15, 0.2) is 0 Å². The number of anilines is 1. The van der Waals surface area contributed by atoms with E-state index < -0.39 is 0 Å². The molecule has 0 atom stereocenters. The molecular weight excluding hydrogens is 319 g/mol. The Labute approximate surface area is 140 Å². The highest BCUT2D eigenvalue weighted by atomic mass is 35.5. The van der Waals surface area contributed by atoms with Crippen LogP contribution < -0.4 is 10.6 Å². The fraction of sp³-hybridized carbons (Fsp3) is 0.235. The summed E-state index contributed by atoms with van der Waals surface area (Å²) in [6.07, 6.45) is 0.402. The Kier molecular flexibility index (Phi) is 6.25. The number of benzene rings is 2. The lowest BCUT2D eigenvalue weighted by atomic mass is 10.2. The van der Waals surface area contributed by atoms with Crippen LogP contribution >= 0.6 is 23.2 Å².